The molecule has 9 heteroatoms. The lowest BCUT2D eigenvalue weighted by Crippen LogP contribution is -2.53. The van der Waals surface area contributed by atoms with Crippen molar-refractivity contribution >= 4 is 29.9 Å². The third-order valence-corrected chi connectivity index (χ3v) is 6.00. The molecule has 0 aromatic carbocycles. The smallest absolute Gasteiger partial charge is 0.194 e. The Kier molecular flexibility index (Phi) is 10.9. The molecule has 0 amide bonds. The molecule has 4 heterocycles. The summed E-state index contributed by atoms with van der Waals surface area (Å²) in [5, 5.41) is 3.56. The molecule has 176 valence electrons. The summed E-state index contributed by atoms with van der Waals surface area (Å²) in [5.41, 5.74) is 0. The largest absolute Gasteiger partial charge is 0.469 e. The Bertz CT molecular complexity index is 633. The summed E-state index contributed by atoms with van der Waals surface area (Å²) >= 11 is 0. The molecule has 0 bridgehead atoms. The summed E-state index contributed by atoms with van der Waals surface area (Å²) in [4.78, 5) is 9.76. The number of nitrogens with zero attached hydrogens (tertiary/aromatic N) is 3. The Balaban J connectivity index is 0.00000272. The van der Waals surface area contributed by atoms with Crippen molar-refractivity contribution in [1.29, 1.82) is 0 Å². The van der Waals surface area contributed by atoms with E-state index in [0.29, 0.717) is 0 Å². The van der Waals surface area contributed by atoms with Crippen molar-refractivity contribution < 1.29 is 18.6 Å². The lowest BCUT2D eigenvalue weighted by atomic mass is 10.1. The van der Waals surface area contributed by atoms with Gasteiger partial charge in [0.15, 0.2) is 5.96 Å². The van der Waals surface area contributed by atoms with Gasteiger partial charge in [0.05, 0.1) is 32.2 Å². The van der Waals surface area contributed by atoms with Crippen LogP contribution < -0.4 is 5.32 Å². The van der Waals surface area contributed by atoms with Gasteiger partial charge in [-0.05, 0) is 31.4 Å². The van der Waals surface area contributed by atoms with Crippen LogP contribution in [-0.2, 0) is 20.6 Å². The van der Waals surface area contributed by atoms with Gasteiger partial charge in [0, 0.05) is 58.8 Å². The van der Waals surface area contributed by atoms with E-state index in [0.717, 1.165) is 110 Å². The summed E-state index contributed by atoms with van der Waals surface area (Å²) < 4.78 is 22.8. The van der Waals surface area contributed by atoms with Crippen LogP contribution >= 0.6 is 24.0 Å². The van der Waals surface area contributed by atoms with E-state index < -0.39 is 0 Å². The Labute approximate surface area is 202 Å². The average molecular weight is 548 g/mol. The van der Waals surface area contributed by atoms with Crippen LogP contribution in [-0.4, -0.2) is 100 Å². The number of hydrogen-bond acceptors (Lipinski definition) is 6. The molecule has 31 heavy (non-hydrogen) atoms. The molecule has 0 spiro atoms. The molecule has 4 rings (SSSR count). The fourth-order valence-electron chi connectivity index (χ4n) is 4.31. The molecule has 0 aliphatic carbocycles. The Morgan fingerprint density at radius 2 is 1.97 bits per heavy atom. The highest BCUT2D eigenvalue weighted by Crippen LogP contribution is 2.21. The minimum atomic E-state index is 0. The van der Waals surface area contributed by atoms with Gasteiger partial charge in [-0.1, -0.05) is 0 Å². The number of halogens is 1. The van der Waals surface area contributed by atoms with Crippen LogP contribution in [0.2, 0.25) is 0 Å². The highest BCUT2D eigenvalue weighted by molar-refractivity contribution is 14.0. The van der Waals surface area contributed by atoms with Gasteiger partial charge in [-0.15, -0.1) is 24.0 Å². The normalized spacial score (nSPS) is 25.4. The van der Waals surface area contributed by atoms with Crippen molar-refractivity contribution in [2.24, 2.45) is 4.99 Å². The van der Waals surface area contributed by atoms with Crippen molar-refractivity contribution in [2.45, 2.75) is 37.9 Å². The molecule has 1 aromatic rings. The van der Waals surface area contributed by atoms with Gasteiger partial charge in [0.25, 0.3) is 0 Å². The van der Waals surface area contributed by atoms with Crippen molar-refractivity contribution in [3.05, 3.63) is 24.2 Å². The van der Waals surface area contributed by atoms with E-state index in [-0.39, 0.29) is 36.2 Å². The number of nitrogens with one attached hydrogen (secondary N) is 1. The molecule has 2 unspecified atom stereocenters. The molecule has 1 N–H and O–H groups in total. The van der Waals surface area contributed by atoms with Crippen LogP contribution in [0.15, 0.2) is 27.8 Å². The Morgan fingerprint density at radius 3 is 2.74 bits per heavy atom. The predicted octanol–water partition coefficient (Wildman–Crippen LogP) is 1.99. The molecule has 8 nitrogen and oxygen atoms in total. The van der Waals surface area contributed by atoms with Gasteiger partial charge in [-0.3, -0.25) is 9.89 Å². The summed E-state index contributed by atoms with van der Waals surface area (Å²) in [6.45, 7) is 9.73. The van der Waals surface area contributed by atoms with E-state index in [1.54, 1.807) is 6.26 Å². The maximum Gasteiger partial charge on any atom is 0.194 e. The monoisotopic (exact) mass is 548 g/mol. The number of furan rings is 1. The highest BCUT2D eigenvalue weighted by atomic mass is 127. The standard InChI is InChI=1S/C22H36N4O4.HI/c1-4-19(28-13-1)6-8-24-22(23-7-3-9-25-10-15-27-16-11-25)26-12-17-30-21(18-26)20-5-2-14-29-20;/h1,4,13,20-21H,2-3,5-12,14-18H2,(H,23,24);1H. The number of hydrogen-bond donors (Lipinski definition) is 1. The van der Waals surface area contributed by atoms with Crippen LogP contribution in [0.25, 0.3) is 0 Å². The molecule has 3 aliphatic rings. The molecule has 3 fully saturated rings. The Hall–Kier alpha value is -0.880. The van der Waals surface area contributed by atoms with Gasteiger partial charge in [-0.25, -0.2) is 0 Å². The summed E-state index contributed by atoms with van der Waals surface area (Å²) in [7, 11) is 0. The van der Waals surface area contributed by atoms with Gasteiger partial charge in [0.2, 0.25) is 0 Å². The fraction of sp³-hybridized carbons (Fsp3) is 0.773. The molecule has 0 radical (unpaired) electrons. The first kappa shape index (κ1) is 24.8. The second-order valence-corrected chi connectivity index (χ2v) is 8.18. The molecule has 3 aliphatic heterocycles. The maximum atomic E-state index is 6.03. The van der Waals surface area contributed by atoms with E-state index in [1.165, 1.54) is 0 Å². The Morgan fingerprint density at radius 1 is 1.10 bits per heavy atom. The fourth-order valence-corrected chi connectivity index (χ4v) is 4.31. The van der Waals surface area contributed by atoms with E-state index >= 15 is 0 Å². The molecule has 2 atom stereocenters. The summed E-state index contributed by atoms with van der Waals surface area (Å²) in [6, 6.07) is 3.95. The number of aliphatic imine (C=N–C) groups is 1. The van der Waals surface area contributed by atoms with Gasteiger partial charge in [-0.2, -0.15) is 0 Å². The minimum absolute atomic E-state index is 0. The van der Waals surface area contributed by atoms with Crippen molar-refractivity contribution in [3.8, 4) is 0 Å². The van der Waals surface area contributed by atoms with Crippen LogP contribution in [0.1, 0.15) is 25.0 Å². The molecule has 0 saturated carbocycles. The third-order valence-electron chi connectivity index (χ3n) is 6.00. The second kappa shape index (κ2) is 13.6. The molecular formula is C22H37IN4O4. The van der Waals surface area contributed by atoms with Crippen molar-refractivity contribution in [1.82, 2.24) is 15.1 Å². The second-order valence-electron chi connectivity index (χ2n) is 8.18. The lowest BCUT2D eigenvalue weighted by molar-refractivity contribution is -0.0817. The molecular weight excluding hydrogens is 511 g/mol. The van der Waals surface area contributed by atoms with E-state index in [1.807, 2.05) is 12.1 Å². The third kappa shape index (κ3) is 7.88. The maximum absolute atomic E-state index is 6.03. The zero-order valence-corrected chi connectivity index (χ0v) is 20.7. The van der Waals surface area contributed by atoms with Crippen LogP contribution in [0.4, 0.5) is 0 Å². The predicted molar refractivity (Wildman–Crippen MR) is 130 cm³/mol. The number of morpholine rings is 2. The van der Waals surface area contributed by atoms with Gasteiger partial charge in [0.1, 0.15) is 11.9 Å². The zero-order valence-electron chi connectivity index (χ0n) is 18.4. The lowest BCUT2D eigenvalue weighted by Gasteiger charge is -2.37. The van der Waals surface area contributed by atoms with Gasteiger partial charge >= 0.3 is 0 Å². The number of guanidine groups is 1. The highest BCUT2D eigenvalue weighted by Gasteiger charge is 2.32. The van der Waals surface area contributed by atoms with Crippen LogP contribution in [0.3, 0.4) is 0 Å². The summed E-state index contributed by atoms with van der Waals surface area (Å²) in [5.74, 6) is 1.98. The first-order valence-electron chi connectivity index (χ1n) is 11.5. The quantitative estimate of drug-likeness (QED) is 0.231. The molecule has 3 saturated heterocycles. The average Bonchev–Trinajstić information content (AvgIpc) is 3.51. The first-order valence-corrected chi connectivity index (χ1v) is 11.5. The summed E-state index contributed by atoms with van der Waals surface area (Å²) in [6.07, 6.45) is 6.21. The van der Waals surface area contributed by atoms with Crippen molar-refractivity contribution in [2.75, 3.05) is 72.2 Å². The topological polar surface area (TPSA) is 71.7 Å². The number of rotatable bonds is 8. The number of ether oxygens (including phenoxy) is 3. The SMILES string of the molecule is I.c1coc(CCNC(=NCCCN2CCOCC2)N2CCOC(C3CCCO3)C2)c1. The molecule has 1 aromatic heterocycles. The van der Waals surface area contributed by atoms with Crippen LogP contribution in [0, 0.1) is 0 Å². The van der Waals surface area contributed by atoms with Gasteiger partial charge < -0.3 is 28.8 Å². The van der Waals surface area contributed by atoms with E-state index in [2.05, 4.69) is 15.1 Å². The van der Waals surface area contributed by atoms with Crippen molar-refractivity contribution in [3.63, 3.8) is 0 Å². The van der Waals surface area contributed by atoms with E-state index in [9.17, 15) is 0 Å². The zero-order chi connectivity index (χ0) is 20.4. The first-order chi connectivity index (χ1) is 14.9. The van der Waals surface area contributed by atoms with E-state index in [4.69, 9.17) is 23.6 Å². The minimum Gasteiger partial charge on any atom is -0.469 e. The van der Waals surface area contributed by atoms with Crippen LogP contribution in [0.5, 0.6) is 0 Å².